The van der Waals surface area contributed by atoms with Crippen molar-refractivity contribution in [3.05, 3.63) is 52.0 Å². The van der Waals surface area contributed by atoms with E-state index in [1.807, 2.05) is 51.1 Å². The SMILES string of the molecule is C#C[C@@H](CC)[C@H](NC(=O)CCCCCN=C)C(=O)N(C)[C@H](C[C@@H](OC(C)=O)c1nc(C(=O)N[C@@H](Cc2ccccc2)C[C@H](C)C(=O)O)cs1)C(C)C. The topological polar surface area (TPSA) is 167 Å². The summed E-state index contributed by atoms with van der Waals surface area (Å²) in [6, 6.07) is 7.59. The highest BCUT2D eigenvalue weighted by Crippen LogP contribution is 2.31. The second-order valence-corrected chi connectivity index (χ2v) is 14.4. The molecule has 0 unspecified atom stereocenters. The molecule has 0 radical (unpaired) electrons. The number of terminal acetylenes is 1. The lowest BCUT2D eigenvalue weighted by Crippen LogP contribution is -2.54. The van der Waals surface area contributed by atoms with Crippen LogP contribution in [0.3, 0.4) is 0 Å². The van der Waals surface area contributed by atoms with Crippen LogP contribution >= 0.6 is 11.3 Å². The third kappa shape index (κ3) is 14.2. The third-order valence-electron chi connectivity index (χ3n) is 8.99. The molecule has 3 N–H and O–H groups in total. The summed E-state index contributed by atoms with van der Waals surface area (Å²) in [5.41, 5.74) is 1.05. The van der Waals surface area contributed by atoms with E-state index in [0.29, 0.717) is 30.8 Å². The van der Waals surface area contributed by atoms with Gasteiger partial charge in [0.05, 0.1) is 5.92 Å². The number of hydrogen-bond acceptors (Lipinski definition) is 9. The minimum Gasteiger partial charge on any atom is -0.481 e. The van der Waals surface area contributed by atoms with E-state index >= 15 is 0 Å². The molecule has 0 aliphatic heterocycles. The molecule has 1 aromatic carbocycles. The first-order valence-corrected chi connectivity index (χ1v) is 18.7. The van der Waals surface area contributed by atoms with Gasteiger partial charge < -0.3 is 30.4 Å². The van der Waals surface area contributed by atoms with Crippen LogP contribution in [0.15, 0.2) is 40.7 Å². The van der Waals surface area contributed by atoms with Gasteiger partial charge in [0.2, 0.25) is 11.8 Å². The molecule has 52 heavy (non-hydrogen) atoms. The molecular weight excluding hydrogens is 683 g/mol. The smallest absolute Gasteiger partial charge is 0.306 e. The monoisotopic (exact) mass is 737 g/mol. The van der Waals surface area contributed by atoms with Gasteiger partial charge in [-0.05, 0) is 50.3 Å². The maximum absolute atomic E-state index is 14.1. The van der Waals surface area contributed by atoms with Crippen molar-refractivity contribution in [1.82, 2.24) is 20.5 Å². The first-order chi connectivity index (χ1) is 24.7. The van der Waals surface area contributed by atoms with Crippen molar-refractivity contribution in [3.8, 4) is 12.3 Å². The van der Waals surface area contributed by atoms with Crippen LogP contribution in [0.1, 0.15) is 107 Å². The molecule has 13 heteroatoms. The Hall–Kier alpha value is -4.57. The number of unbranched alkanes of at least 4 members (excludes halogenated alkanes) is 2. The Morgan fingerprint density at radius 1 is 1.08 bits per heavy atom. The van der Waals surface area contributed by atoms with Crippen LogP contribution in [0, 0.1) is 30.1 Å². The Bertz CT molecular complexity index is 1520. The Kier molecular flexibility index (Phi) is 18.8. The van der Waals surface area contributed by atoms with E-state index in [9.17, 15) is 29.1 Å². The van der Waals surface area contributed by atoms with Crippen LogP contribution in [0.25, 0.3) is 0 Å². The number of hydrogen-bond donors (Lipinski definition) is 3. The average molecular weight is 738 g/mol. The van der Waals surface area contributed by atoms with Gasteiger partial charge in [-0.3, -0.25) is 24.0 Å². The van der Waals surface area contributed by atoms with Gasteiger partial charge in [0.15, 0.2) is 6.10 Å². The molecule has 2 aromatic rings. The van der Waals surface area contributed by atoms with Crippen molar-refractivity contribution in [1.29, 1.82) is 0 Å². The molecule has 0 aliphatic rings. The normalized spacial score (nSPS) is 14.5. The minimum absolute atomic E-state index is 0.104. The Morgan fingerprint density at radius 3 is 2.35 bits per heavy atom. The number of rotatable bonds is 23. The molecule has 0 fully saturated rings. The number of ether oxygens (including phenoxy) is 1. The largest absolute Gasteiger partial charge is 0.481 e. The van der Waals surface area contributed by atoms with Crippen LogP contribution in [0.4, 0.5) is 0 Å². The Labute approximate surface area is 312 Å². The summed E-state index contributed by atoms with van der Waals surface area (Å²) in [5.74, 6) is -1.27. The molecule has 0 spiro atoms. The zero-order chi connectivity index (χ0) is 38.8. The quantitative estimate of drug-likeness (QED) is 0.0584. The zero-order valence-electron chi connectivity index (χ0n) is 31.3. The lowest BCUT2D eigenvalue weighted by atomic mass is 9.92. The number of amides is 3. The van der Waals surface area contributed by atoms with Gasteiger partial charge in [0, 0.05) is 56.7 Å². The number of aliphatic carboxylic acids is 1. The second-order valence-electron chi connectivity index (χ2n) is 13.5. The number of thiazole rings is 1. The summed E-state index contributed by atoms with van der Waals surface area (Å²) in [7, 11) is 1.65. The van der Waals surface area contributed by atoms with Crippen molar-refractivity contribution in [2.75, 3.05) is 13.6 Å². The van der Waals surface area contributed by atoms with E-state index in [-0.39, 0.29) is 42.7 Å². The van der Waals surface area contributed by atoms with Gasteiger partial charge in [-0.2, -0.15) is 0 Å². The van der Waals surface area contributed by atoms with E-state index in [1.54, 1.807) is 24.3 Å². The number of benzene rings is 1. The van der Waals surface area contributed by atoms with E-state index in [0.717, 1.165) is 29.7 Å². The standard InChI is InChI=1S/C39H55N5O7S/c1-9-29(10-2)35(43-34(46)19-15-12-16-20-40-7)38(48)44(8)32(25(3)4)23-33(51-27(6)45)37-42-31(24-52-37)36(47)41-30(21-26(5)39(49)50)22-28-17-13-11-14-18-28/h1,11,13-14,17-18,24-26,29-30,32-33,35H,7,10,12,15-16,19-23H2,2-6,8H3,(H,41,47)(H,43,46)(H,49,50)/t26-,29-,30+,32+,33+,35-/m0/s1. The number of carbonyl (C=O) groups is 5. The molecule has 284 valence electrons. The predicted octanol–water partition coefficient (Wildman–Crippen LogP) is 5.48. The molecule has 1 aromatic heterocycles. The van der Waals surface area contributed by atoms with Gasteiger partial charge in [0.1, 0.15) is 16.7 Å². The summed E-state index contributed by atoms with van der Waals surface area (Å²) in [4.78, 5) is 74.3. The molecule has 0 saturated heterocycles. The van der Waals surface area contributed by atoms with Crippen molar-refractivity contribution in [2.45, 2.75) is 110 Å². The van der Waals surface area contributed by atoms with Gasteiger partial charge in [-0.25, -0.2) is 4.98 Å². The number of likely N-dealkylation sites (N-methyl/N-ethyl adjacent to an activating group) is 1. The first kappa shape index (κ1) is 43.6. The fraction of sp³-hybridized carbons (Fsp3) is 0.564. The van der Waals surface area contributed by atoms with E-state index in [4.69, 9.17) is 11.2 Å². The molecule has 2 rings (SSSR count). The third-order valence-corrected chi connectivity index (χ3v) is 9.92. The minimum atomic E-state index is -0.957. The summed E-state index contributed by atoms with van der Waals surface area (Å²) in [5, 5.41) is 17.3. The maximum Gasteiger partial charge on any atom is 0.306 e. The van der Waals surface area contributed by atoms with Gasteiger partial charge in [-0.1, -0.05) is 64.4 Å². The number of carbonyl (C=O) groups excluding carboxylic acids is 4. The fourth-order valence-corrected chi connectivity index (χ4v) is 6.85. The highest BCUT2D eigenvalue weighted by molar-refractivity contribution is 7.09. The number of carboxylic acid groups (broad SMARTS) is 1. The molecule has 12 nitrogen and oxygen atoms in total. The zero-order valence-corrected chi connectivity index (χ0v) is 32.1. The molecule has 0 saturated carbocycles. The first-order valence-electron chi connectivity index (χ1n) is 17.9. The highest BCUT2D eigenvalue weighted by Gasteiger charge is 2.36. The van der Waals surface area contributed by atoms with Crippen LogP contribution in [-0.4, -0.2) is 83.1 Å². The van der Waals surface area contributed by atoms with Crippen molar-refractivity contribution < 1.29 is 33.8 Å². The number of aromatic nitrogens is 1. The molecule has 0 aliphatic carbocycles. The Morgan fingerprint density at radius 2 is 1.77 bits per heavy atom. The van der Waals surface area contributed by atoms with E-state index in [1.165, 1.54) is 6.92 Å². The molecular formula is C39H55N5O7S. The predicted molar refractivity (Wildman–Crippen MR) is 203 cm³/mol. The van der Waals surface area contributed by atoms with Gasteiger partial charge >= 0.3 is 11.9 Å². The second kappa shape index (κ2) is 22.4. The van der Waals surface area contributed by atoms with E-state index in [2.05, 4.69) is 33.2 Å². The summed E-state index contributed by atoms with van der Waals surface area (Å²) in [6.07, 6.45) is 8.76. The number of nitrogens with one attached hydrogen (secondary N) is 2. The molecule has 0 bridgehead atoms. The average Bonchev–Trinajstić information content (AvgIpc) is 3.60. The lowest BCUT2D eigenvalue weighted by molar-refractivity contribution is -0.149. The van der Waals surface area contributed by atoms with Crippen LogP contribution in [0.5, 0.6) is 0 Å². The number of aliphatic imine (C=N–C) groups is 1. The van der Waals surface area contributed by atoms with Crippen LogP contribution < -0.4 is 10.6 Å². The molecule has 3 amide bonds. The van der Waals surface area contributed by atoms with Crippen LogP contribution in [0.2, 0.25) is 0 Å². The summed E-state index contributed by atoms with van der Waals surface area (Å²) < 4.78 is 5.73. The van der Waals surface area contributed by atoms with Crippen molar-refractivity contribution in [2.24, 2.45) is 22.7 Å². The van der Waals surface area contributed by atoms with Crippen LogP contribution in [-0.2, 0) is 30.3 Å². The lowest BCUT2D eigenvalue weighted by Gasteiger charge is -2.36. The van der Waals surface area contributed by atoms with Crippen molar-refractivity contribution in [3.63, 3.8) is 0 Å². The number of carboxylic acids is 1. The molecule has 6 atom stereocenters. The van der Waals surface area contributed by atoms with E-state index < -0.39 is 53.9 Å². The van der Waals surface area contributed by atoms with Gasteiger partial charge in [0.25, 0.3) is 5.91 Å². The van der Waals surface area contributed by atoms with Gasteiger partial charge in [-0.15, -0.1) is 23.7 Å². The number of nitrogens with zero attached hydrogens (tertiary/aromatic N) is 3. The van der Waals surface area contributed by atoms with Crippen molar-refractivity contribution >= 4 is 47.7 Å². The Balaban J connectivity index is 2.29. The highest BCUT2D eigenvalue weighted by atomic mass is 32.1. The fourth-order valence-electron chi connectivity index (χ4n) is 6.01. The number of esters is 1. The summed E-state index contributed by atoms with van der Waals surface area (Å²) in [6.45, 7) is 12.7. The summed E-state index contributed by atoms with van der Waals surface area (Å²) >= 11 is 1.15. The molecule has 1 heterocycles. The maximum atomic E-state index is 14.1.